The van der Waals surface area contributed by atoms with E-state index in [1.807, 2.05) is 24.3 Å². The molecule has 2 N–H and O–H groups in total. The number of benzene rings is 4. The monoisotopic (exact) mass is 470 g/mol. The molecule has 1 aliphatic heterocycles. The Morgan fingerprint density at radius 2 is 1.31 bits per heavy atom. The Morgan fingerprint density at radius 1 is 0.743 bits per heavy atom. The SMILES string of the molecule is NC[C@@H]1C[C@H](Oc2cc(-c3ccc(F)cc3)cc(-c3ccc(F)cc3)c2)CN1Cc1ccccc1. The van der Waals surface area contributed by atoms with Gasteiger partial charge in [0, 0.05) is 32.1 Å². The van der Waals surface area contributed by atoms with E-state index < -0.39 is 0 Å². The van der Waals surface area contributed by atoms with E-state index in [9.17, 15) is 8.78 Å². The molecule has 4 aromatic carbocycles. The van der Waals surface area contributed by atoms with Crippen molar-refractivity contribution >= 4 is 0 Å². The first-order chi connectivity index (χ1) is 17.1. The van der Waals surface area contributed by atoms with Crippen LogP contribution < -0.4 is 10.5 Å². The molecule has 0 bridgehead atoms. The van der Waals surface area contributed by atoms with Crippen LogP contribution in [0.4, 0.5) is 8.78 Å². The van der Waals surface area contributed by atoms with Crippen LogP contribution in [-0.2, 0) is 6.54 Å². The first-order valence-corrected chi connectivity index (χ1v) is 11.9. The number of nitrogens with two attached hydrogens (primary N) is 1. The minimum Gasteiger partial charge on any atom is -0.489 e. The van der Waals surface area contributed by atoms with E-state index in [4.69, 9.17) is 10.5 Å². The summed E-state index contributed by atoms with van der Waals surface area (Å²) < 4.78 is 33.5. The van der Waals surface area contributed by atoms with Crippen molar-refractivity contribution in [1.82, 2.24) is 4.90 Å². The van der Waals surface area contributed by atoms with Crippen LogP contribution in [0, 0.1) is 11.6 Å². The number of rotatable bonds is 7. The van der Waals surface area contributed by atoms with E-state index in [0.717, 1.165) is 47.5 Å². The summed E-state index contributed by atoms with van der Waals surface area (Å²) in [6.07, 6.45) is 0.840. The highest BCUT2D eigenvalue weighted by molar-refractivity contribution is 5.75. The molecule has 3 nitrogen and oxygen atoms in total. The Hall–Kier alpha value is -3.54. The third-order valence-electron chi connectivity index (χ3n) is 6.55. The summed E-state index contributed by atoms with van der Waals surface area (Å²) in [6, 6.07) is 29.4. The van der Waals surface area contributed by atoms with Crippen molar-refractivity contribution in [3.63, 3.8) is 0 Å². The highest BCUT2D eigenvalue weighted by Gasteiger charge is 2.32. The van der Waals surface area contributed by atoms with Gasteiger partial charge < -0.3 is 10.5 Å². The predicted molar refractivity (Wildman–Crippen MR) is 136 cm³/mol. The minimum absolute atomic E-state index is 0.00296. The molecular weight excluding hydrogens is 442 g/mol. The summed E-state index contributed by atoms with van der Waals surface area (Å²) in [5, 5.41) is 0. The van der Waals surface area contributed by atoms with E-state index >= 15 is 0 Å². The van der Waals surface area contributed by atoms with E-state index in [1.165, 1.54) is 29.8 Å². The molecule has 4 aromatic rings. The molecular formula is C30H28F2N2O. The number of ether oxygens (including phenoxy) is 1. The maximum Gasteiger partial charge on any atom is 0.123 e. The third-order valence-corrected chi connectivity index (χ3v) is 6.55. The Morgan fingerprint density at radius 3 is 1.86 bits per heavy atom. The molecule has 178 valence electrons. The summed E-state index contributed by atoms with van der Waals surface area (Å²) in [7, 11) is 0. The standard InChI is InChI=1S/C30H28F2N2O/c31-26-10-6-22(7-11-26)24-14-25(23-8-12-27(32)13-9-23)16-29(15-24)35-30-17-28(18-33)34(20-30)19-21-4-2-1-3-5-21/h1-16,28,30H,17-20,33H2/t28-,30-/m0/s1. The van der Waals surface area contributed by atoms with Crippen molar-refractivity contribution in [3.05, 3.63) is 114 Å². The fraction of sp³-hybridized carbons (Fsp3) is 0.200. The van der Waals surface area contributed by atoms with Gasteiger partial charge in [-0.3, -0.25) is 4.90 Å². The molecule has 2 atom stereocenters. The maximum atomic E-state index is 13.5. The van der Waals surface area contributed by atoms with Crippen molar-refractivity contribution in [2.75, 3.05) is 13.1 Å². The Bertz CT molecular complexity index is 1200. The molecule has 35 heavy (non-hydrogen) atoms. The summed E-state index contributed by atoms with van der Waals surface area (Å²) in [5.74, 6) is 0.169. The summed E-state index contributed by atoms with van der Waals surface area (Å²) in [5.41, 5.74) is 11.0. The molecule has 1 fully saturated rings. The fourth-order valence-corrected chi connectivity index (χ4v) is 4.76. The van der Waals surface area contributed by atoms with Crippen LogP contribution in [0.3, 0.4) is 0 Å². The second kappa shape index (κ2) is 10.4. The topological polar surface area (TPSA) is 38.5 Å². The average Bonchev–Trinajstić information content (AvgIpc) is 3.26. The molecule has 0 radical (unpaired) electrons. The quantitative estimate of drug-likeness (QED) is 0.346. The van der Waals surface area contributed by atoms with Gasteiger partial charge in [0.15, 0.2) is 0 Å². The van der Waals surface area contributed by atoms with Gasteiger partial charge in [0.1, 0.15) is 23.5 Å². The van der Waals surface area contributed by atoms with Crippen molar-refractivity contribution < 1.29 is 13.5 Å². The molecule has 0 saturated carbocycles. The van der Waals surface area contributed by atoms with Gasteiger partial charge in [0.05, 0.1) is 0 Å². The minimum atomic E-state index is -0.280. The lowest BCUT2D eigenvalue weighted by Crippen LogP contribution is -2.35. The molecule has 1 heterocycles. The molecule has 0 aliphatic carbocycles. The van der Waals surface area contributed by atoms with E-state index in [0.29, 0.717) is 6.54 Å². The largest absolute Gasteiger partial charge is 0.489 e. The smallest absolute Gasteiger partial charge is 0.123 e. The molecule has 1 saturated heterocycles. The molecule has 0 amide bonds. The zero-order valence-electron chi connectivity index (χ0n) is 19.4. The lowest BCUT2D eigenvalue weighted by Gasteiger charge is -2.22. The fourth-order valence-electron chi connectivity index (χ4n) is 4.76. The normalized spacial score (nSPS) is 18.0. The molecule has 5 heteroatoms. The maximum absolute atomic E-state index is 13.5. The van der Waals surface area contributed by atoms with E-state index in [-0.39, 0.29) is 23.8 Å². The zero-order valence-corrected chi connectivity index (χ0v) is 19.4. The van der Waals surface area contributed by atoms with Crippen molar-refractivity contribution in [1.29, 1.82) is 0 Å². The number of likely N-dealkylation sites (tertiary alicyclic amines) is 1. The van der Waals surface area contributed by atoms with Gasteiger partial charge in [0.25, 0.3) is 0 Å². The van der Waals surface area contributed by atoms with Crippen LogP contribution in [-0.4, -0.2) is 30.1 Å². The van der Waals surface area contributed by atoms with Gasteiger partial charge >= 0.3 is 0 Å². The first kappa shape index (κ1) is 23.2. The summed E-state index contributed by atoms with van der Waals surface area (Å²) in [4.78, 5) is 2.38. The van der Waals surface area contributed by atoms with Crippen molar-refractivity contribution in [3.8, 4) is 28.0 Å². The van der Waals surface area contributed by atoms with Crippen molar-refractivity contribution in [2.45, 2.75) is 25.1 Å². The summed E-state index contributed by atoms with van der Waals surface area (Å²) >= 11 is 0. The average molecular weight is 471 g/mol. The third kappa shape index (κ3) is 5.59. The van der Waals surface area contributed by atoms with Crippen LogP contribution in [0.5, 0.6) is 5.75 Å². The van der Waals surface area contributed by atoms with Crippen LogP contribution in [0.25, 0.3) is 22.3 Å². The van der Waals surface area contributed by atoms with E-state index in [2.05, 4.69) is 29.2 Å². The Labute approximate surface area is 204 Å². The Kier molecular flexibility index (Phi) is 6.89. The predicted octanol–water partition coefficient (Wildman–Crippen LogP) is 6.28. The summed E-state index contributed by atoms with van der Waals surface area (Å²) in [6.45, 7) is 2.19. The second-order valence-electron chi connectivity index (χ2n) is 9.04. The number of halogens is 2. The van der Waals surface area contributed by atoms with Crippen molar-refractivity contribution in [2.24, 2.45) is 5.73 Å². The van der Waals surface area contributed by atoms with Crippen LogP contribution in [0.15, 0.2) is 97.1 Å². The van der Waals surface area contributed by atoms with Gasteiger partial charge in [-0.25, -0.2) is 8.78 Å². The molecule has 1 aliphatic rings. The van der Waals surface area contributed by atoms with Crippen LogP contribution in [0.1, 0.15) is 12.0 Å². The van der Waals surface area contributed by atoms with Crippen LogP contribution >= 0.6 is 0 Å². The van der Waals surface area contributed by atoms with Gasteiger partial charge in [-0.1, -0.05) is 54.6 Å². The van der Waals surface area contributed by atoms with Gasteiger partial charge in [-0.05, 0) is 70.3 Å². The second-order valence-corrected chi connectivity index (χ2v) is 9.04. The lowest BCUT2D eigenvalue weighted by atomic mass is 9.98. The first-order valence-electron chi connectivity index (χ1n) is 11.9. The van der Waals surface area contributed by atoms with Gasteiger partial charge in [-0.2, -0.15) is 0 Å². The molecule has 5 rings (SSSR count). The van der Waals surface area contributed by atoms with E-state index in [1.54, 1.807) is 24.3 Å². The molecule has 0 aromatic heterocycles. The highest BCUT2D eigenvalue weighted by atomic mass is 19.1. The zero-order chi connectivity index (χ0) is 24.2. The molecule has 0 unspecified atom stereocenters. The van der Waals surface area contributed by atoms with Gasteiger partial charge in [0.2, 0.25) is 0 Å². The Balaban J connectivity index is 1.42. The lowest BCUT2D eigenvalue weighted by molar-refractivity contribution is 0.194. The number of nitrogens with zero attached hydrogens (tertiary/aromatic N) is 1. The van der Waals surface area contributed by atoms with Gasteiger partial charge in [-0.15, -0.1) is 0 Å². The highest BCUT2D eigenvalue weighted by Crippen LogP contribution is 2.33. The van der Waals surface area contributed by atoms with Crippen LogP contribution in [0.2, 0.25) is 0 Å². The number of hydrogen-bond acceptors (Lipinski definition) is 3. The molecule has 0 spiro atoms. The number of hydrogen-bond donors (Lipinski definition) is 1.